The van der Waals surface area contributed by atoms with Crippen LogP contribution in [0.2, 0.25) is 0 Å². The Morgan fingerprint density at radius 3 is 2.67 bits per heavy atom. The van der Waals surface area contributed by atoms with Gasteiger partial charge in [0.2, 0.25) is 0 Å². The van der Waals surface area contributed by atoms with E-state index in [-0.39, 0.29) is 5.75 Å². The number of fused-ring (bicyclic) bond motifs is 1. The maximum Gasteiger partial charge on any atom is 0.387 e. The highest BCUT2D eigenvalue weighted by Gasteiger charge is 2.23. The average molecular weight is 437 g/mol. The molecule has 0 bridgehead atoms. The smallest absolute Gasteiger partial charge is 0.387 e. The lowest BCUT2D eigenvalue weighted by atomic mass is 10.0. The SMILES string of the molecule is Cc1cc(N2CCC(n3cc(Br)cn3)CC2)c2cc(OC(F)F)ccc2n1. The van der Waals surface area contributed by atoms with E-state index in [1.54, 1.807) is 18.3 Å². The van der Waals surface area contributed by atoms with Crippen molar-refractivity contribution in [1.29, 1.82) is 0 Å². The Hall–Kier alpha value is -2.22. The Labute approximate surface area is 164 Å². The van der Waals surface area contributed by atoms with Crippen molar-refractivity contribution in [3.05, 3.63) is 46.8 Å². The Bertz CT molecular complexity index is 954. The second-order valence-corrected chi connectivity index (χ2v) is 7.61. The predicted octanol–water partition coefficient (Wildman–Crippen LogP) is 4.95. The zero-order valence-electron chi connectivity index (χ0n) is 14.8. The lowest BCUT2D eigenvalue weighted by Gasteiger charge is -2.34. The fraction of sp³-hybridized carbons (Fsp3) is 0.368. The van der Waals surface area contributed by atoms with Gasteiger partial charge in [0, 0.05) is 36.1 Å². The lowest BCUT2D eigenvalue weighted by molar-refractivity contribution is -0.0497. The quantitative estimate of drug-likeness (QED) is 0.580. The van der Waals surface area contributed by atoms with Gasteiger partial charge in [-0.15, -0.1) is 0 Å². The van der Waals surface area contributed by atoms with E-state index >= 15 is 0 Å². The number of hydrogen-bond acceptors (Lipinski definition) is 4. The van der Waals surface area contributed by atoms with Gasteiger partial charge in [0.15, 0.2) is 0 Å². The van der Waals surface area contributed by atoms with E-state index in [1.165, 1.54) is 6.07 Å². The Kier molecular flexibility index (Phi) is 4.99. The molecular formula is C19H19BrF2N4O. The summed E-state index contributed by atoms with van der Waals surface area (Å²) in [5.41, 5.74) is 2.69. The summed E-state index contributed by atoms with van der Waals surface area (Å²) in [4.78, 5) is 6.82. The van der Waals surface area contributed by atoms with Crippen LogP contribution in [0.25, 0.3) is 10.9 Å². The number of ether oxygens (including phenoxy) is 1. The number of benzene rings is 1. The molecule has 1 aliphatic heterocycles. The largest absolute Gasteiger partial charge is 0.435 e. The van der Waals surface area contributed by atoms with Gasteiger partial charge < -0.3 is 9.64 Å². The molecule has 0 spiro atoms. The summed E-state index contributed by atoms with van der Waals surface area (Å²) in [6, 6.07) is 7.29. The Balaban J connectivity index is 1.61. The number of anilines is 1. The fourth-order valence-corrected chi connectivity index (χ4v) is 3.94. The Morgan fingerprint density at radius 2 is 2.00 bits per heavy atom. The maximum atomic E-state index is 12.6. The number of pyridine rings is 1. The van der Waals surface area contributed by atoms with Crippen LogP contribution in [0, 0.1) is 6.92 Å². The van der Waals surface area contributed by atoms with E-state index in [1.807, 2.05) is 23.9 Å². The molecule has 3 aromatic rings. The number of halogens is 3. The maximum absolute atomic E-state index is 12.6. The topological polar surface area (TPSA) is 43.2 Å². The molecule has 0 unspecified atom stereocenters. The highest BCUT2D eigenvalue weighted by atomic mass is 79.9. The van der Waals surface area contributed by atoms with E-state index < -0.39 is 6.61 Å². The molecule has 1 fully saturated rings. The van der Waals surface area contributed by atoms with E-state index in [0.29, 0.717) is 6.04 Å². The normalized spacial score (nSPS) is 15.7. The summed E-state index contributed by atoms with van der Waals surface area (Å²) < 4.78 is 32.7. The minimum absolute atomic E-state index is 0.153. The summed E-state index contributed by atoms with van der Waals surface area (Å²) in [5.74, 6) is 0.153. The standard InChI is InChI=1S/C19H19BrF2N4O/c1-12-8-18(16-9-15(27-19(21)22)2-3-17(16)24-12)25-6-4-14(5-7-25)26-11-13(20)10-23-26/h2-3,8-11,14,19H,4-7H2,1H3. The van der Waals surface area contributed by atoms with Gasteiger partial charge in [-0.2, -0.15) is 13.9 Å². The van der Waals surface area contributed by atoms with Gasteiger partial charge in [0.05, 0.1) is 22.2 Å². The van der Waals surface area contributed by atoms with E-state index in [0.717, 1.165) is 52.7 Å². The van der Waals surface area contributed by atoms with Gasteiger partial charge >= 0.3 is 6.61 Å². The molecule has 3 heterocycles. The zero-order chi connectivity index (χ0) is 19.0. The second kappa shape index (κ2) is 7.42. The summed E-state index contributed by atoms with van der Waals surface area (Å²) in [7, 11) is 0. The highest BCUT2D eigenvalue weighted by molar-refractivity contribution is 9.10. The minimum Gasteiger partial charge on any atom is -0.435 e. The molecule has 1 aromatic carbocycles. The summed E-state index contributed by atoms with van der Waals surface area (Å²) in [6.07, 6.45) is 5.73. The van der Waals surface area contributed by atoms with E-state index in [9.17, 15) is 8.78 Å². The number of rotatable bonds is 4. The molecule has 0 N–H and O–H groups in total. The van der Waals surface area contributed by atoms with Crippen molar-refractivity contribution in [2.24, 2.45) is 0 Å². The predicted molar refractivity (Wildman–Crippen MR) is 104 cm³/mol. The van der Waals surface area contributed by atoms with E-state index in [4.69, 9.17) is 0 Å². The van der Waals surface area contributed by atoms with Crippen LogP contribution < -0.4 is 9.64 Å². The van der Waals surface area contributed by atoms with Crippen molar-refractivity contribution in [1.82, 2.24) is 14.8 Å². The third kappa shape index (κ3) is 3.90. The van der Waals surface area contributed by atoms with Crippen molar-refractivity contribution in [2.45, 2.75) is 32.4 Å². The van der Waals surface area contributed by atoms with Crippen LogP contribution in [-0.2, 0) is 0 Å². The number of nitrogens with zero attached hydrogens (tertiary/aromatic N) is 4. The highest BCUT2D eigenvalue weighted by Crippen LogP contribution is 2.34. The summed E-state index contributed by atoms with van der Waals surface area (Å²) in [6.45, 7) is 0.829. The number of aromatic nitrogens is 3. The van der Waals surface area contributed by atoms with Gasteiger partial charge in [-0.3, -0.25) is 9.67 Å². The molecular weight excluding hydrogens is 418 g/mol. The first-order chi connectivity index (χ1) is 13.0. The van der Waals surface area contributed by atoms with Crippen molar-refractivity contribution >= 4 is 32.5 Å². The molecule has 1 aliphatic rings. The molecule has 4 rings (SSSR count). The van der Waals surface area contributed by atoms with Crippen molar-refractivity contribution in [2.75, 3.05) is 18.0 Å². The van der Waals surface area contributed by atoms with Gasteiger partial charge in [-0.05, 0) is 60.0 Å². The van der Waals surface area contributed by atoms with Gasteiger partial charge in [0.25, 0.3) is 0 Å². The third-order valence-electron chi connectivity index (χ3n) is 4.86. The van der Waals surface area contributed by atoms with Crippen LogP contribution in [0.15, 0.2) is 41.1 Å². The molecule has 5 nitrogen and oxygen atoms in total. The monoisotopic (exact) mass is 436 g/mol. The van der Waals surface area contributed by atoms with Crippen molar-refractivity contribution in [3.63, 3.8) is 0 Å². The molecule has 0 aliphatic carbocycles. The fourth-order valence-electron chi connectivity index (χ4n) is 3.64. The number of aryl methyl sites for hydroxylation is 1. The minimum atomic E-state index is -2.84. The molecule has 8 heteroatoms. The van der Waals surface area contributed by atoms with Crippen molar-refractivity contribution < 1.29 is 13.5 Å². The van der Waals surface area contributed by atoms with Gasteiger partial charge in [0.1, 0.15) is 5.75 Å². The lowest BCUT2D eigenvalue weighted by Crippen LogP contribution is -2.35. The van der Waals surface area contributed by atoms with Crippen molar-refractivity contribution in [3.8, 4) is 5.75 Å². The average Bonchev–Trinajstić information content (AvgIpc) is 3.07. The zero-order valence-corrected chi connectivity index (χ0v) is 16.4. The summed E-state index contributed by atoms with van der Waals surface area (Å²) in [5, 5.41) is 5.23. The van der Waals surface area contributed by atoms with Crippen LogP contribution in [-0.4, -0.2) is 34.5 Å². The molecule has 142 valence electrons. The first kappa shape index (κ1) is 18.2. The van der Waals surface area contributed by atoms with E-state index in [2.05, 4.69) is 35.6 Å². The van der Waals surface area contributed by atoms with Crippen LogP contribution >= 0.6 is 15.9 Å². The second-order valence-electron chi connectivity index (χ2n) is 6.70. The van der Waals surface area contributed by atoms with Gasteiger partial charge in [-0.1, -0.05) is 0 Å². The van der Waals surface area contributed by atoms with Crippen LogP contribution in [0.5, 0.6) is 5.75 Å². The molecule has 0 atom stereocenters. The Morgan fingerprint density at radius 1 is 1.22 bits per heavy atom. The third-order valence-corrected chi connectivity index (χ3v) is 5.27. The molecule has 0 saturated carbocycles. The molecule has 0 radical (unpaired) electrons. The molecule has 27 heavy (non-hydrogen) atoms. The van der Waals surface area contributed by atoms with Crippen LogP contribution in [0.3, 0.4) is 0 Å². The van der Waals surface area contributed by atoms with Crippen LogP contribution in [0.4, 0.5) is 14.5 Å². The molecule has 0 amide bonds. The number of alkyl halides is 2. The number of hydrogen-bond donors (Lipinski definition) is 0. The summed E-state index contributed by atoms with van der Waals surface area (Å²) >= 11 is 3.44. The molecule has 1 saturated heterocycles. The first-order valence-electron chi connectivity index (χ1n) is 8.80. The molecule has 2 aromatic heterocycles. The van der Waals surface area contributed by atoms with Crippen LogP contribution in [0.1, 0.15) is 24.6 Å². The number of piperidine rings is 1. The first-order valence-corrected chi connectivity index (χ1v) is 9.60. The van der Waals surface area contributed by atoms with Gasteiger partial charge in [-0.25, -0.2) is 0 Å².